The SMILES string of the molecule is CCCNC(CCSc1nc(CC)ns1)C(=O)OC. The first-order valence-electron chi connectivity index (χ1n) is 6.47. The first-order valence-corrected chi connectivity index (χ1v) is 8.23. The van der Waals surface area contributed by atoms with E-state index in [1.54, 1.807) is 11.8 Å². The van der Waals surface area contributed by atoms with E-state index in [9.17, 15) is 4.79 Å². The van der Waals surface area contributed by atoms with Gasteiger partial charge in [0.05, 0.1) is 7.11 Å². The van der Waals surface area contributed by atoms with E-state index in [4.69, 9.17) is 4.74 Å². The Hall–Kier alpha value is -0.660. The second-order valence-electron chi connectivity index (χ2n) is 4.00. The quantitative estimate of drug-likeness (QED) is 0.557. The number of methoxy groups -OCH3 is 1. The molecule has 0 fully saturated rings. The third kappa shape index (κ3) is 5.88. The molecular weight excluding hydrogens is 282 g/mol. The molecule has 0 spiro atoms. The first kappa shape index (κ1) is 16.4. The van der Waals surface area contributed by atoms with Crippen molar-refractivity contribution in [3.05, 3.63) is 5.82 Å². The van der Waals surface area contributed by atoms with Gasteiger partial charge in [-0.3, -0.25) is 4.79 Å². The molecule has 0 amide bonds. The number of nitrogens with zero attached hydrogens (tertiary/aromatic N) is 2. The number of hydrogen-bond acceptors (Lipinski definition) is 7. The zero-order valence-electron chi connectivity index (χ0n) is 11.6. The number of hydrogen-bond donors (Lipinski definition) is 1. The summed E-state index contributed by atoms with van der Waals surface area (Å²) >= 11 is 3.07. The number of ether oxygens (including phenoxy) is 1. The Kier molecular flexibility index (Phi) is 8.00. The van der Waals surface area contributed by atoms with E-state index in [-0.39, 0.29) is 12.0 Å². The van der Waals surface area contributed by atoms with E-state index in [0.29, 0.717) is 0 Å². The van der Waals surface area contributed by atoms with Crippen molar-refractivity contribution in [3.8, 4) is 0 Å². The highest BCUT2D eigenvalue weighted by Gasteiger charge is 2.18. The van der Waals surface area contributed by atoms with Gasteiger partial charge >= 0.3 is 5.97 Å². The van der Waals surface area contributed by atoms with E-state index < -0.39 is 0 Å². The lowest BCUT2D eigenvalue weighted by Gasteiger charge is -2.15. The Morgan fingerprint density at radius 3 is 2.89 bits per heavy atom. The first-order chi connectivity index (χ1) is 9.21. The Balaban J connectivity index is 2.36. The van der Waals surface area contributed by atoms with E-state index >= 15 is 0 Å². The number of aryl methyl sites for hydroxylation is 1. The minimum absolute atomic E-state index is 0.194. The van der Waals surface area contributed by atoms with Gasteiger partial charge in [-0.25, -0.2) is 4.98 Å². The Bertz CT molecular complexity index is 385. The molecule has 0 aliphatic rings. The molecule has 0 aliphatic heterocycles. The van der Waals surface area contributed by atoms with Crippen LogP contribution in [0.15, 0.2) is 4.34 Å². The topological polar surface area (TPSA) is 64.1 Å². The Morgan fingerprint density at radius 1 is 1.53 bits per heavy atom. The van der Waals surface area contributed by atoms with Gasteiger partial charge < -0.3 is 10.1 Å². The van der Waals surface area contributed by atoms with E-state index in [2.05, 4.69) is 21.6 Å². The zero-order valence-corrected chi connectivity index (χ0v) is 13.3. The van der Waals surface area contributed by atoms with Crippen LogP contribution in [0.1, 0.15) is 32.5 Å². The Morgan fingerprint density at radius 2 is 2.32 bits per heavy atom. The summed E-state index contributed by atoms with van der Waals surface area (Å²) in [5, 5.41) is 3.20. The van der Waals surface area contributed by atoms with Crippen LogP contribution in [0, 0.1) is 0 Å². The van der Waals surface area contributed by atoms with E-state index in [1.165, 1.54) is 18.6 Å². The van der Waals surface area contributed by atoms with Crippen molar-refractivity contribution >= 4 is 29.3 Å². The summed E-state index contributed by atoms with van der Waals surface area (Å²) in [6.45, 7) is 4.94. The van der Waals surface area contributed by atoms with Gasteiger partial charge in [-0.2, -0.15) is 4.37 Å². The number of carbonyl (C=O) groups is 1. The minimum Gasteiger partial charge on any atom is -0.468 e. The molecule has 1 unspecified atom stereocenters. The van der Waals surface area contributed by atoms with E-state index in [1.807, 2.05) is 6.92 Å². The molecule has 0 aromatic carbocycles. The van der Waals surface area contributed by atoms with Crippen molar-refractivity contribution in [1.29, 1.82) is 0 Å². The van der Waals surface area contributed by atoms with Gasteiger partial charge in [-0.15, -0.1) is 0 Å². The van der Waals surface area contributed by atoms with Crippen molar-refractivity contribution in [1.82, 2.24) is 14.7 Å². The van der Waals surface area contributed by atoms with Gasteiger partial charge in [0.25, 0.3) is 0 Å². The van der Waals surface area contributed by atoms with Crippen LogP contribution in [0.25, 0.3) is 0 Å². The number of rotatable bonds is 9. The summed E-state index contributed by atoms with van der Waals surface area (Å²) in [5.41, 5.74) is 0. The number of aromatic nitrogens is 2. The van der Waals surface area contributed by atoms with Crippen molar-refractivity contribution in [3.63, 3.8) is 0 Å². The van der Waals surface area contributed by atoms with Gasteiger partial charge in [0.15, 0.2) is 4.34 Å². The van der Waals surface area contributed by atoms with Crippen LogP contribution in [-0.2, 0) is 16.0 Å². The third-order valence-corrected chi connectivity index (χ3v) is 4.43. The monoisotopic (exact) mass is 303 g/mol. The van der Waals surface area contributed by atoms with Gasteiger partial charge in [0.1, 0.15) is 11.9 Å². The number of carbonyl (C=O) groups excluding carboxylic acids is 1. The second kappa shape index (κ2) is 9.28. The van der Waals surface area contributed by atoms with Crippen LogP contribution < -0.4 is 5.32 Å². The average molecular weight is 303 g/mol. The summed E-state index contributed by atoms with van der Waals surface area (Å²) in [7, 11) is 1.42. The van der Waals surface area contributed by atoms with Gasteiger partial charge in [0.2, 0.25) is 0 Å². The summed E-state index contributed by atoms with van der Waals surface area (Å²) in [6, 6.07) is -0.226. The van der Waals surface area contributed by atoms with Gasteiger partial charge in [-0.05, 0) is 30.9 Å². The van der Waals surface area contributed by atoms with Crippen LogP contribution in [0.4, 0.5) is 0 Å². The van der Waals surface area contributed by atoms with Crippen LogP contribution in [-0.4, -0.2) is 40.8 Å². The highest BCUT2D eigenvalue weighted by molar-refractivity contribution is 8.00. The molecule has 108 valence electrons. The molecule has 0 radical (unpaired) electrons. The molecule has 0 bridgehead atoms. The van der Waals surface area contributed by atoms with Crippen molar-refractivity contribution < 1.29 is 9.53 Å². The fraction of sp³-hybridized carbons (Fsp3) is 0.750. The molecule has 19 heavy (non-hydrogen) atoms. The largest absolute Gasteiger partial charge is 0.468 e. The van der Waals surface area contributed by atoms with Crippen LogP contribution in [0.3, 0.4) is 0 Å². The minimum atomic E-state index is -0.226. The highest BCUT2D eigenvalue weighted by Crippen LogP contribution is 2.21. The van der Waals surface area contributed by atoms with Crippen molar-refractivity contribution in [2.45, 2.75) is 43.5 Å². The van der Waals surface area contributed by atoms with Crippen molar-refractivity contribution in [2.75, 3.05) is 19.4 Å². The molecule has 1 N–H and O–H groups in total. The lowest BCUT2D eigenvalue weighted by Crippen LogP contribution is -2.38. The van der Waals surface area contributed by atoms with Crippen LogP contribution in [0.2, 0.25) is 0 Å². The van der Waals surface area contributed by atoms with E-state index in [0.717, 1.165) is 41.7 Å². The maximum Gasteiger partial charge on any atom is 0.322 e. The average Bonchev–Trinajstić information content (AvgIpc) is 2.89. The van der Waals surface area contributed by atoms with Crippen molar-refractivity contribution in [2.24, 2.45) is 0 Å². The molecule has 5 nitrogen and oxygen atoms in total. The van der Waals surface area contributed by atoms with Crippen LogP contribution in [0.5, 0.6) is 0 Å². The maximum absolute atomic E-state index is 11.6. The lowest BCUT2D eigenvalue weighted by molar-refractivity contribution is -0.143. The molecule has 1 atom stereocenters. The predicted molar refractivity (Wildman–Crippen MR) is 78.7 cm³/mol. The molecule has 1 heterocycles. The maximum atomic E-state index is 11.6. The number of esters is 1. The normalized spacial score (nSPS) is 12.4. The van der Waals surface area contributed by atoms with Gasteiger partial charge in [-0.1, -0.05) is 25.6 Å². The Labute approximate surface area is 122 Å². The lowest BCUT2D eigenvalue weighted by atomic mass is 10.2. The molecule has 0 aliphatic carbocycles. The molecular formula is C12H21N3O2S2. The zero-order chi connectivity index (χ0) is 14.1. The second-order valence-corrected chi connectivity index (χ2v) is 6.09. The molecule has 1 rings (SSSR count). The molecule has 0 saturated heterocycles. The summed E-state index contributed by atoms with van der Waals surface area (Å²) in [4.78, 5) is 16.0. The van der Waals surface area contributed by atoms with Gasteiger partial charge in [0, 0.05) is 12.2 Å². The predicted octanol–water partition coefficient (Wildman–Crippen LogP) is 2.12. The number of thioether (sulfide) groups is 1. The van der Waals surface area contributed by atoms with Crippen LogP contribution >= 0.6 is 23.3 Å². The fourth-order valence-electron chi connectivity index (χ4n) is 1.47. The molecule has 0 saturated carbocycles. The molecule has 1 aromatic rings. The standard InChI is InChI=1S/C12H21N3O2S2/c1-4-7-13-9(11(16)17-3)6-8-18-12-14-10(5-2)15-19-12/h9,13H,4-8H2,1-3H3. The smallest absolute Gasteiger partial charge is 0.322 e. The highest BCUT2D eigenvalue weighted by atomic mass is 32.2. The summed E-state index contributed by atoms with van der Waals surface area (Å²) < 4.78 is 10.0. The third-order valence-electron chi connectivity index (χ3n) is 2.52. The number of nitrogens with one attached hydrogen (secondary N) is 1. The summed E-state index contributed by atoms with van der Waals surface area (Å²) in [6.07, 6.45) is 2.59. The fourth-order valence-corrected chi connectivity index (χ4v) is 3.24. The molecule has 1 aromatic heterocycles. The molecule has 7 heteroatoms. The summed E-state index contributed by atoms with van der Waals surface area (Å²) in [5.74, 6) is 1.52.